The van der Waals surface area contributed by atoms with Crippen molar-refractivity contribution in [3.05, 3.63) is 48.0 Å². The monoisotopic (exact) mass is 385 g/mol. The van der Waals surface area contributed by atoms with E-state index in [-0.39, 0.29) is 12.5 Å². The van der Waals surface area contributed by atoms with Crippen LogP contribution in [0.2, 0.25) is 0 Å². The molecular formula is C20H19NO7. The minimum atomic E-state index is -0.891. The second-order valence-corrected chi connectivity index (χ2v) is 6.01. The van der Waals surface area contributed by atoms with Gasteiger partial charge in [0.25, 0.3) is 5.91 Å². The molecule has 1 unspecified atom stereocenters. The van der Waals surface area contributed by atoms with E-state index in [0.29, 0.717) is 28.5 Å². The molecule has 0 radical (unpaired) electrons. The van der Waals surface area contributed by atoms with Gasteiger partial charge in [-0.25, -0.2) is 4.79 Å². The lowest BCUT2D eigenvalue weighted by Gasteiger charge is -2.18. The van der Waals surface area contributed by atoms with Gasteiger partial charge in [-0.3, -0.25) is 9.59 Å². The number of esters is 1. The predicted octanol–water partition coefficient (Wildman–Crippen LogP) is 2.22. The summed E-state index contributed by atoms with van der Waals surface area (Å²) in [5.74, 6) is 0.246. The van der Waals surface area contributed by atoms with Gasteiger partial charge in [0.05, 0.1) is 12.8 Å². The van der Waals surface area contributed by atoms with Crippen LogP contribution in [-0.4, -0.2) is 44.1 Å². The quantitative estimate of drug-likeness (QED) is 0.576. The van der Waals surface area contributed by atoms with E-state index in [9.17, 15) is 14.4 Å². The number of anilines is 1. The number of hydrogen-bond acceptors (Lipinski definition) is 7. The van der Waals surface area contributed by atoms with Crippen molar-refractivity contribution in [2.45, 2.75) is 13.0 Å². The first kappa shape index (κ1) is 19.2. The van der Waals surface area contributed by atoms with Crippen LogP contribution in [0.5, 0.6) is 17.2 Å². The Hall–Kier alpha value is -3.55. The maximum atomic E-state index is 12.3. The molecule has 2 aromatic carbocycles. The summed E-state index contributed by atoms with van der Waals surface area (Å²) < 4.78 is 20.8. The number of ether oxygens (including phenoxy) is 4. The van der Waals surface area contributed by atoms with Crippen molar-refractivity contribution < 1.29 is 33.3 Å². The Morgan fingerprint density at radius 3 is 2.57 bits per heavy atom. The fraction of sp³-hybridized carbons (Fsp3) is 0.250. The molecule has 1 heterocycles. The highest BCUT2D eigenvalue weighted by atomic mass is 16.6. The van der Waals surface area contributed by atoms with E-state index >= 15 is 0 Å². The zero-order chi connectivity index (χ0) is 20.1. The Morgan fingerprint density at radius 1 is 1.14 bits per heavy atom. The van der Waals surface area contributed by atoms with Crippen LogP contribution in [-0.2, 0) is 14.3 Å². The van der Waals surface area contributed by atoms with Crippen LogP contribution in [0.1, 0.15) is 17.3 Å². The van der Waals surface area contributed by atoms with Crippen LogP contribution in [0.25, 0.3) is 0 Å². The minimum Gasteiger partial charge on any atom is -0.497 e. The lowest BCUT2D eigenvalue weighted by molar-refractivity contribution is -0.149. The normalized spacial score (nSPS) is 13.4. The van der Waals surface area contributed by atoms with E-state index in [4.69, 9.17) is 18.9 Å². The molecule has 146 valence electrons. The molecule has 2 aromatic rings. The van der Waals surface area contributed by atoms with E-state index in [1.807, 2.05) is 0 Å². The maximum absolute atomic E-state index is 12.3. The van der Waals surface area contributed by atoms with Crippen molar-refractivity contribution in [1.82, 2.24) is 0 Å². The SMILES string of the molecule is COc1ccc(OC(C)C(=O)OCC(=O)c2ccc3c(c2)NC(=O)CO3)cc1. The fourth-order valence-corrected chi connectivity index (χ4v) is 2.50. The molecule has 0 bridgehead atoms. The Morgan fingerprint density at radius 2 is 1.86 bits per heavy atom. The molecule has 1 atom stereocenters. The molecular weight excluding hydrogens is 366 g/mol. The Labute approximate surface area is 161 Å². The molecule has 0 saturated carbocycles. The average molecular weight is 385 g/mol. The molecule has 8 nitrogen and oxygen atoms in total. The molecule has 1 aliphatic rings. The van der Waals surface area contributed by atoms with Gasteiger partial charge >= 0.3 is 5.97 Å². The number of Topliss-reactive ketones (excluding diaryl/α,β-unsaturated/α-hetero) is 1. The van der Waals surface area contributed by atoms with Crippen molar-refractivity contribution in [1.29, 1.82) is 0 Å². The number of carbonyl (C=O) groups excluding carboxylic acids is 3. The number of rotatable bonds is 7. The molecule has 0 aliphatic carbocycles. The topological polar surface area (TPSA) is 100 Å². The van der Waals surface area contributed by atoms with Crippen molar-refractivity contribution >= 4 is 23.3 Å². The summed E-state index contributed by atoms with van der Waals surface area (Å²) in [7, 11) is 1.55. The van der Waals surface area contributed by atoms with Crippen LogP contribution in [0.4, 0.5) is 5.69 Å². The highest BCUT2D eigenvalue weighted by Gasteiger charge is 2.21. The average Bonchev–Trinajstić information content (AvgIpc) is 2.71. The van der Waals surface area contributed by atoms with Crippen LogP contribution in [0, 0.1) is 0 Å². The van der Waals surface area contributed by atoms with Gasteiger partial charge in [-0.2, -0.15) is 0 Å². The van der Waals surface area contributed by atoms with Gasteiger partial charge in [0, 0.05) is 5.56 Å². The number of fused-ring (bicyclic) bond motifs is 1. The molecule has 0 aromatic heterocycles. The van der Waals surface area contributed by atoms with Crippen LogP contribution >= 0.6 is 0 Å². The first-order valence-electron chi connectivity index (χ1n) is 8.53. The molecule has 3 rings (SSSR count). The van der Waals surface area contributed by atoms with E-state index in [0.717, 1.165) is 0 Å². The van der Waals surface area contributed by atoms with E-state index in [1.54, 1.807) is 43.5 Å². The summed E-state index contributed by atoms with van der Waals surface area (Å²) in [5, 5.41) is 2.62. The second kappa shape index (κ2) is 8.43. The van der Waals surface area contributed by atoms with Crippen molar-refractivity contribution in [2.24, 2.45) is 0 Å². The van der Waals surface area contributed by atoms with Gasteiger partial charge < -0.3 is 24.3 Å². The molecule has 1 amide bonds. The number of nitrogens with one attached hydrogen (secondary N) is 1. The van der Waals surface area contributed by atoms with E-state index < -0.39 is 24.5 Å². The lowest BCUT2D eigenvalue weighted by atomic mass is 10.1. The Balaban J connectivity index is 1.54. The second-order valence-electron chi connectivity index (χ2n) is 6.01. The van der Waals surface area contributed by atoms with Crippen LogP contribution < -0.4 is 19.5 Å². The van der Waals surface area contributed by atoms with Gasteiger partial charge in [0.15, 0.2) is 25.1 Å². The Kier molecular flexibility index (Phi) is 5.78. The van der Waals surface area contributed by atoms with E-state index in [2.05, 4.69) is 5.32 Å². The number of ketones is 1. The fourth-order valence-electron chi connectivity index (χ4n) is 2.50. The summed E-state index contributed by atoms with van der Waals surface area (Å²) in [6.45, 7) is 1.02. The van der Waals surface area contributed by atoms with Crippen molar-refractivity contribution in [2.75, 3.05) is 25.6 Å². The first-order valence-corrected chi connectivity index (χ1v) is 8.53. The molecule has 0 fully saturated rings. The van der Waals surface area contributed by atoms with Gasteiger partial charge in [0.2, 0.25) is 0 Å². The number of amides is 1. The van der Waals surface area contributed by atoms with Crippen LogP contribution in [0.3, 0.4) is 0 Å². The van der Waals surface area contributed by atoms with Crippen molar-refractivity contribution in [3.63, 3.8) is 0 Å². The molecule has 28 heavy (non-hydrogen) atoms. The third-order valence-corrected chi connectivity index (χ3v) is 3.98. The number of benzene rings is 2. The summed E-state index contributed by atoms with van der Waals surface area (Å²) >= 11 is 0. The third kappa shape index (κ3) is 4.59. The summed E-state index contributed by atoms with van der Waals surface area (Å²) in [6.07, 6.45) is -0.891. The first-order chi connectivity index (χ1) is 13.5. The molecule has 1 aliphatic heterocycles. The van der Waals surface area contributed by atoms with Gasteiger partial charge in [-0.1, -0.05) is 0 Å². The lowest BCUT2D eigenvalue weighted by Crippen LogP contribution is -2.28. The smallest absolute Gasteiger partial charge is 0.347 e. The molecule has 8 heteroatoms. The highest BCUT2D eigenvalue weighted by molar-refractivity contribution is 6.01. The highest BCUT2D eigenvalue weighted by Crippen LogP contribution is 2.28. The molecule has 1 N–H and O–H groups in total. The molecule has 0 spiro atoms. The Bertz CT molecular complexity index is 892. The predicted molar refractivity (Wildman–Crippen MR) is 98.9 cm³/mol. The molecule has 0 saturated heterocycles. The van der Waals surface area contributed by atoms with Crippen LogP contribution in [0.15, 0.2) is 42.5 Å². The van der Waals surface area contributed by atoms with E-state index in [1.165, 1.54) is 13.0 Å². The summed E-state index contributed by atoms with van der Waals surface area (Å²) in [4.78, 5) is 35.7. The van der Waals surface area contributed by atoms with Gasteiger partial charge in [-0.15, -0.1) is 0 Å². The number of hydrogen-bond donors (Lipinski definition) is 1. The third-order valence-electron chi connectivity index (χ3n) is 3.98. The zero-order valence-corrected chi connectivity index (χ0v) is 15.4. The largest absolute Gasteiger partial charge is 0.497 e. The number of carbonyl (C=O) groups is 3. The zero-order valence-electron chi connectivity index (χ0n) is 15.4. The maximum Gasteiger partial charge on any atom is 0.347 e. The summed E-state index contributed by atoms with van der Waals surface area (Å²) in [6, 6.07) is 11.3. The standard InChI is InChI=1S/C20H19NO7/c1-12(28-15-6-4-14(25-2)5-7-15)20(24)27-10-17(22)13-3-8-18-16(9-13)21-19(23)11-26-18/h3-9,12H,10-11H2,1-2H3,(H,21,23). The number of methoxy groups -OCH3 is 1. The van der Waals surface area contributed by atoms with Gasteiger partial charge in [-0.05, 0) is 49.4 Å². The minimum absolute atomic E-state index is 0.0655. The van der Waals surface area contributed by atoms with Crippen molar-refractivity contribution in [3.8, 4) is 17.2 Å². The summed E-state index contributed by atoms with van der Waals surface area (Å²) in [5.41, 5.74) is 0.700. The van der Waals surface area contributed by atoms with Gasteiger partial charge in [0.1, 0.15) is 17.2 Å².